The molecule has 1 aromatic rings. The molecule has 0 bridgehead atoms. The second kappa shape index (κ2) is 3.14. The Kier molecular flexibility index (Phi) is 2.40. The van der Waals surface area contributed by atoms with Gasteiger partial charge in [0, 0.05) is 11.6 Å². The van der Waals surface area contributed by atoms with Gasteiger partial charge in [-0.15, -0.1) is 11.6 Å². The number of nitrogen functional groups attached to an aromatic ring is 1. The van der Waals surface area contributed by atoms with Crippen LogP contribution in [0.2, 0.25) is 0 Å². The summed E-state index contributed by atoms with van der Waals surface area (Å²) in [4.78, 5) is 0. The van der Waals surface area contributed by atoms with Crippen molar-refractivity contribution in [1.29, 1.82) is 0 Å². The number of hydrogen-bond acceptors (Lipinski definition) is 1. The van der Waals surface area contributed by atoms with Gasteiger partial charge in [0.2, 0.25) is 0 Å². The van der Waals surface area contributed by atoms with Crippen molar-refractivity contribution in [2.75, 3.05) is 5.73 Å². The van der Waals surface area contributed by atoms with Crippen LogP contribution in [0.3, 0.4) is 0 Å². The number of halogens is 1. The van der Waals surface area contributed by atoms with Crippen molar-refractivity contribution in [3.63, 3.8) is 0 Å². The zero-order valence-corrected chi connectivity index (χ0v) is 7.57. The minimum absolute atomic E-state index is 0.562. The molecular formula is C9H12ClN. The van der Waals surface area contributed by atoms with Crippen LogP contribution in [0.25, 0.3) is 0 Å². The van der Waals surface area contributed by atoms with E-state index in [1.807, 2.05) is 26.0 Å². The van der Waals surface area contributed by atoms with E-state index in [-0.39, 0.29) is 0 Å². The molecule has 0 atom stereocenters. The molecule has 0 heterocycles. The van der Waals surface area contributed by atoms with Gasteiger partial charge in [0.05, 0.1) is 0 Å². The summed E-state index contributed by atoms with van der Waals surface area (Å²) in [5.74, 6) is 0.562. The smallest absolute Gasteiger partial charge is 0.0476 e. The maximum absolute atomic E-state index is 5.72. The van der Waals surface area contributed by atoms with E-state index in [1.54, 1.807) is 0 Å². The SMILES string of the molecule is Cc1c(N)ccc(CCl)c1C. The molecule has 0 radical (unpaired) electrons. The largest absolute Gasteiger partial charge is 0.399 e. The van der Waals surface area contributed by atoms with E-state index in [1.165, 1.54) is 11.1 Å². The van der Waals surface area contributed by atoms with Crippen molar-refractivity contribution in [2.24, 2.45) is 0 Å². The summed E-state index contributed by atoms with van der Waals surface area (Å²) in [5.41, 5.74) is 10.1. The first kappa shape index (κ1) is 8.41. The fraction of sp³-hybridized carbons (Fsp3) is 0.333. The number of anilines is 1. The monoisotopic (exact) mass is 169 g/mol. The minimum atomic E-state index is 0.562. The zero-order valence-electron chi connectivity index (χ0n) is 6.82. The highest BCUT2D eigenvalue weighted by Gasteiger charge is 2.01. The van der Waals surface area contributed by atoms with E-state index in [0.717, 1.165) is 11.3 Å². The third kappa shape index (κ3) is 1.48. The maximum atomic E-state index is 5.72. The normalized spacial score (nSPS) is 10.1. The molecule has 11 heavy (non-hydrogen) atoms. The Morgan fingerprint density at radius 2 is 1.91 bits per heavy atom. The summed E-state index contributed by atoms with van der Waals surface area (Å²) in [6.45, 7) is 4.06. The quantitative estimate of drug-likeness (QED) is 0.508. The standard InChI is InChI=1S/C9H12ClN/c1-6-7(2)9(11)4-3-8(6)5-10/h3-4H,5,11H2,1-2H3. The molecule has 1 rings (SSSR count). The van der Waals surface area contributed by atoms with E-state index >= 15 is 0 Å². The first-order chi connectivity index (χ1) is 5.16. The van der Waals surface area contributed by atoms with Crippen molar-refractivity contribution in [1.82, 2.24) is 0 Å². The van der Waals surface area contributed by atoms with Crippen LogP contribution in [0, 0.1) is 13.8 Å². The summed E-state index contributed by atoms with van der Waals surface area (Å²) in [7, 11) is 0. The Bertz CT molecular complexity index is 269. The van der Waals surface area contributed by atoms with Crippen molar-refractivity contribution in [3.8, 4) is 0 Å². The van der Waals surface area contributed by atoms with Crippen molar-refractivity contribution in [2.45, 2.75) is 19.7 Å². The number of rotatable bonds is 1. The Hall–Kier alpha value is -0.690. The van der Waals surface area contributed by atoms with Crippen molar-refractivity contribution in [3.05, 3.63) is 28.8 Å². The van der Waals surface area contributed by atoms with E-state index in [9.17, 15) is 0 Å². The molecule has 0 saturated heterocycles. The molecule has 0 aliphatic carbocycles. The van der Waals surface area contributed by atoms with Gasteiger partial charge in [-0.2, -0.15) is 0 Å². The number of alkyl halides is 1. The summed E-state index contributed by atoms with van der Waals surface area (Å²) in [6, 6.07) is 3.88. The summed E-state index contributed by atoms with van der Waals surface area (Å²) in [6.07, 6.45) is 0. The second-order valence-electron chi connectivity index (χ2n) is 2.70. The van der Waals surface area contributed by atoms with Gasteiger partial charge in [-0.25, -0.2) is 0 Å². The zero-order chi connectivity index (χ0) is 8.43. The average molecular weight is 170 g/mol. The lowest BCUT2D eigenvalue weighted by molar-refractivity contribution is 1.24. The molecule has 60 valence electrons. The third-order valence-corrected chi connectivity index (χ3v) is 2.37. The Morgan fingerprint density at radius 3 is 2.45 bits per heavy atom. The highest BCUT2D eigenvalue weighted by Crippen LogP contribution is 2.20. The fourth-order valence-electron chi connectivity index (χ4n) is 1.04. The molecule has 0 aromatic heterocycles. The third-order valence-electron chi connectivity index (χ3n) is 2.09. The van der Waals surface area contributed by atoms with E-state index in [0.29, 0.717) is 5.88 Å². The molecule has 0 fully saturated rings. The van der Waals surface area contributed by atoms with Crippen LogP contribution < -0.4 is 5.73 Å². The van der Waals surface area contributed by atoms with E-state index in [4.69, 9.17) is 17.3 Å². The van der Waals surface area contributed by atoms with Gasteiger partial charge in [-0.1, -0.05) is 6.07 Å². The number of benzene rings is 1. The summed E-state index contributed by atoms with van der Waals surface area (Å²) < 4.78 is 0. The molecular weight excluding hydrogens is 158 g/mol. The lowest BCUT2D eigenvalue weighted by atomic mass is 10.0. The predicted molar refractivity (Wildman–Crippen MR) is 49.9 cm³/mol. The molecule has 2 heteroatoms. The van der Waals surface area contributed by atoms with Gasteiger partial charge < -0.3 is 5.73 Å². The Balaban J connectivity index is 3.25. The Morgan fingerprint density at radius 1 is 1.27 bits per heavy atom. The highest BCUT2D eigenvalue weighted by atomic mass is 35.5. The minimum Gasteiger partial charge on any atom is -0.399 e. The lowest BCUT2D eigenvalue weighted by Crippen LogP contribution is -1.95. The Labute approximate surface area is 72.2 Å². The van der Waals surface area contributed by atoms with Gasteiger partial charge >= 0.3 is 0 Å². The molecule has 0 spiro atoms. The summed E-state index contributed by atoms with van der Waals surface area (Å²) in [5, 5.41) is 0. The van der Waals surface area contributed by atoms with Gasteiger partial charge in [0.1, 0.15) is 0 Å². The molecule has 0 saturated carbocycles. The van der Waals surface area contributed by atoms with Gasteiger partial charge in [-0.05, 0) is 36.6 Å². The fourth-order valence-corrected chi connectivity index (χ4v) is 1.33. The van der Waals surface area contributed by atoms with Crippen molar-refractivity contribution >= 4 is 17.3 Å². The lowest BCUT2D eigenvalue weighted by Gasteiger charge is -2.07. The van der Waals surface area contributed by atoms with Crippen LogP contribution in [0.4, 0.5) is 5.69 Å². The molecule has 1 nitrogen and oxygen atoms in total. The van der Waals surface area contributed by atoms with Crippen LogP contribution in [0.5, 0.6) is 0 Å². The molecule has 0 unspecified atom stereocenters. The molecule has 0 amide bonds. The highest BCUT2D eigenvalue weighted by molar-refractivity contribution is 6.17. The van der Waals surface area contributed by atoms with Crippen LogP contribution in [-0.2, 0) is 5.88 Å². The maximum Gasteiger partial charge on any atom is 0.0476 e. The second-order valence-corrected chi connectivity index (χ2v) is 2.96. The molecule has 1 aromatic carbocycles. The van der Waals surface area contributed by atoms with Crippen LogP contribution in [0.15, 0.2) is 12.1 Å². The molecule has 0 aliphatic heterocycles. The van der Waals surface area contributed by atoms with E-state index in [2.05, 4.69) is 0 Å². The predicted octanol–water partition coefficient (Wildman–Crippen LogP) is 2.62. The van der Waals surface area contributed by atoms with Crippen LogP contribution in [-0.4, -0.2) is 0 Å². The number of nitrogens with two attached hydrogens (primary N) is 1. The van der Waals surface area contributed by atoms with Gasteiger partial charge in [0.15, 0.2) is 0 Å². The van der Waals surface area contributed by atoms with Gasteiger partial charge in [0.25, 0.3) is 0 Å². The van der Waals surface area contributed by atoms with Crippen LogP contribution >= 0.6 is 11.6 Å². The first-order valence-corrected chi connectivity index (χ1v) is 4.10. The van der Waals surface area contributed by atoms with Crippen LogP contribution in [0.1, 0.15) is 16.7 Å². The van der Waals surface area contributed by atoms with E-state index < -0.39 is 0 Å². The summed E-state index contributed by atoms with van der Waals surface area (Å²) >= 11 is 5.72. The topological polar surface area (TPSA) is 26.0 Å². The molecule has 0 aliphatic rings. The van der Waals surface area contributed by atoms with Gasteiger partial charge in [-0.3, -0.25) is 0 Å². The first-order valence-electron chi connectivity index (χ1n) is 3.57. The van der Waals surface area contributed by atoms with Crippen molar-refractivity contribution < 1.29 is 0 Å². The number of hydrogen-bond donors (Lipinski definition) is 1. The average Bonchev–Trinajstić information content (AvgIpc) is 2.01. The molecule has 2 N–H and O–H groups in total.